The van der Waals surface area contributed by atoms with Crippen LogP contribution in [0.15, 0.2) is 18.2 Å². The van der Waals surface area contributed by atoms with Crippen molar-refractivity contribution in [2.75, 3.05) is 25.1 Å². The van der Waals surface area contributed by atoms with E-state index in [0.29, 0.717) is 24.4 Å². The summed E-state index contributed by atoms with van der Waals surface area (Å²) in [7, 11) is 0. The van der Waals surface area contributed by atoms with Crippen molar-refractivity contribution in [1.29, 1.82) is 0 Å². The highest BCUT2D eigenvalue weighted by Gasteiger charge is 2.30. The van der Waals surface area contributed by atoms with Gasteiger partial charge in [-0.1, -0.05) is 6.07 Å². The van der Waals surface area contributed by atoms with Gasteiger partial charge in [0, 0.05) is 31.9 Å². The molecule has 0 aromatic heterocycles. The standard InChI is InChI=1S/C17H21FN2O3/c18-12-4-5-13-14(9-16(21)20-15(13)8-12)17(22)19-6-1-7-23-10-11-2-3-11/h4-5,8,11,14H,1-3,6-7,9-10H2,(H,19,22)(H,20,21). The number of carbonyl (C=O) groups is 2. The van der Waals surface area contributed by atoms with Gasteiger partial charge >= 0.3 is 0 Å². The Morgan fingerprint density at radius 2 is 2.22 bits per heavy atom. The molecule has 1 unspecified atom stereocenters. The van der Waals surface area contributed by atoms with Gasteiger partial charge < -0.3 is 15.4 Å². The molecule has 1 heterocycles. The number of nitrogens with one attached hydrogen (secondary N) is 2. The topological polar surface area (TPSA) is 67.4 Å². The summed E-state index contributed by atoms with van der Waals surface area (Å²) in [6.07, 6.45) is 3.36. The first-order valence-electron chi connectivity index (χ1n) is 8.08. The number of ether oxygens (including phenoxy) is 1. The molecule has 1 aromatic carbocycles. The summed E-state index contributed by atoms with van der Waals surface area (Å²) >= 11 is 0. The first-order valence-corrected chi connectivity index (χ1v) is 8.08. The van der Waals surface area contributed by atoms with Crippen LogP contribution in [0.5, 0.6) is 0 Å². The van der Waals surface area contributed by atoms with E-state index in [1.807, 2.05) is 0 Å². The number of hydrogen-bond donors (Lipinski definition) is 2. The third kappa shape index (κ3) is 4.28. The largest absolute Gasteiger partial charge is 0.381 e. The van der Waals surface area contributed by atoms with Gasteiger partial charge in [0.05, 0.1) is 5.92 Å². The Kier molecular flexibility index (Phi) is 4.91. The molecule has 1 aliphatic heterocycles. The second-order valence-corrected chi connectivity index (χ2v) is 6.20. The Hall–Kier alpha value is -1.95. The SMILES string of the molecule is O=C1CC(C(=O)NCCCOCC2CC2)c2ccc(F)cc2N1. The van der Waals surface area contributed by atoms with Crippen LogP contribution in [-0.2, 0) is 14.3 Å². The fourth-order valence-corrected chi connectivity index (χ4v) is 2.71. The number of anilines is 1. The zero-order valence-electron chi connectivity index (χ0n) is 12.9. The van der Waals surface area contributed by atoms with Crippen LogP contribution in [0, 0.1) is 11.7 Å². The van der Waals surface area contributed by atoms with Crippen LogP contribution in [0.1, 0.15) is 37.2 Å². The molecule has 23 heavy (non-hydrogen) atoms. The van der Waals surface area contributed by atoms with Crippen molar-refractivity contribution in [2.45, 2.75) is 31.6 Å². The van der Waals surface area contributed by atoms with E-state index in [-0.39, 0.29) is 18.2 Å². The number of hydrogen-bond acceptors (Lipinski definition) is 3. The highest BCUT2D eigenvalue weighted by molar-refractivity contribution is 6.01. The summed E-state index contributed by atoms with van der Waals surface area (Å²) < 4.78 is 18.8. The fraction of sp³-hybridized carbons (Fsp3) is 0.529. The first kappa shape index (κ1) is 15.9. The molecule has 1 saturated carbocycles. The molecule has 0 bridgehead atoms. The number of benzene rings is 1. The van der Waals surface area contributed by atoms with Crippen LogP contribution in [0.25, 0.3) is 0 Å². The predicted molar refractivity (Wildman–Crippen MR) is 83.6 cm³/mol. The lowest BCUT2D eigenvalue weighted by molar-refractivity contribution is -0.126. The van der Waals surface area contributed by atoms with Gasteiger partial charge in [0.2, 0.25) is 11.8 Å². The number of carbonyl (C=O) groups excluding carboxylic acids is 2. The minimum Gasteiger partial charge on any atom is -0.381 e. The number of fused-ring (bicyclic) bond motifs is 1. The lowest BCUT2D eigenvalue weighted by Gasteiger charge is -2.24. The summed E-state index contributed by atoms with van der Waals surface area (Å²) in [5.74, 6) is -0.724. The van der Waals surface area contributed by atoms with Gasteiger partial charge in [-0.3, -0.25) is 9.59 Å². The van der Waals surface area contributed by atoms with Crippen LogP contribution in [-0.4, -0.2) is 31.6 Å². The van der Waals surface area contributed by atoms with Crippen molar-refractivity contribution in [3.8, 4) is 0 Å². The van der Waals surface area contributed by atoms with Crippen LogP contribution in [0.3, 0.4) is 0 Å². The average molecular weight is 320 g/mol. The van der Waals surface area contributed by atoms with Gasteiger partial charge in [-0.2, -0.15) is 0 Å². The van der Waals surface area contributed by atoms with E-state index in [9.17, 15) is 14.0 Å². The minimum absolute atomic E-state index is 0.0860. The fourth-order valence-electron chi connectivity index (χ4n) is 2.71. The number of rotatable bonds is 7. The average Bonchev–Trinajstić information content (AvgIpc) is 3.33. The maximum Gasteiger partial charge on any atom is 0.228 e. The summed E-state index contributed by atoms with van der Waals surface area (Å²) in [5.41, 5.74) is 1.04. The van der Waals surface area contributed by atoms with Crippen molar-refractivity contribution >= 4 is 17.5 Å². The van der Waals surface area contributed by atoms with Gasteiger partial charge in [-0.25, -0.2) is 4.39 Å². The zero-order valence-corrected chi connectivity index (χ0v) is 12.9. The molecule has 1 aliphatic carbocycles. The molecule has 1 aromatic rings. The zero-order chi connectivity index (χ0) is 16.2. The van der Waals surface area contributed by atoms with Crippen LogP contribution < -0.4 is 10.6 Å². The Labute approximate surface area is 134 Å². The molecule has 2 amide bonds. The molecule has 0 spiro atoms. The first-order chi connectivity index (χ1) is 11.1. The van der Waals surface area contributed by atoms with Gasteiger partial charge in [-0.05, 0) is 42.9 Å². The van der Waals surface area contributed by atoms with Gasteiger partial charge in [-0.15, -0.1) is 0 Å². The number of halogens is 1. The molecule has 6 heteroatoms. The van der Waals surface area contributed by atoms with E-state index < -0.39 is 11.7 Å². The van der Waals surface area contributed by atoms with Crippen molar-refractivity contribution in [2.24, 2.45) is 5.92 Å². The van der Waals surface area contributed by atoms with Crippen molar-refractivity contribution in [3.63, 3.8) is 0 Å². The van der Waals surface area contributed by atoms with E-state index in [0.717, 1.165) is 18.9 Å². The van der Waals surface area contributed by atoms with E-state index in [2.05, 4.69) is 10.6 Å². The maximum absolute atomic E-state index is 13.3. The monoisotopic (exact) mass is 320 g/mol. The Morgan fingerprint density at radius 3 is 3.00 bits per heavy atom. The Morgan fingerprint density at radius 1 is 1.39 bits per heavy atom. The second kappa shape index (κ2) is 7.08. The van der Waals surface area contributed by atoms with Crippen LogP contribution in [0.2, 0.25) is 0 Å². The summed E-state index contributed by atoms with van der Waals surface area (Å²) in [6.45, 7) is 1.96. The molecule has 124 valence electrons. The lowest BCUT2D eigenvalue weighted by Crippen LogP contribution is -2.35. The van der Waals surface area contributed by atoms with Crippen molar-refractivity contribution in [3.05, 3.63) is 29.6 Å². The molecule has 3 rings (SSSR count). The second-order valence-electron chi connectivity index (χ2n) is 6.20. The van der Waals surface area contributed by atoms with Crippen molar-refractivity contribution < 1.29 is 18.7 Å². The van der Waals surface area contributed by atoms with Gasteiger partial charge in [0.1, 0.15) is 5.82 Å². The minimum atomic E-state index is -0.563. The molecule has 2 aliphatic rings. The van der Waals surface area contributed by atoms with Crippen LogP contribution >= 0.6 is 0 Å². The maximum atomic E-state index is 13.3. The third-order valence-electron chi connectivity index (χ3n) is 4.19. The lowest BCUT2D eigenvalue weighted by atomic mass is 9.89. The highest BCUT2D eigenvalue weighted by atomic mass is 19.1. The summed E-state index contributed by atoms with van der Waals surface area (Å²) in [4.78, 5) is 24.0. The predicted octanol–water partition coefficient (Wildman–Crippen LogP) is 2.18. The quantitative estimate of drug-likeness (QED) is 0.757. The third-order valence-corrected chi connectivity index (χ3v) is 4.19. The smallest absolute Gasteiger partial charge is 0.228 e. The number of amides is 2. The molecule has 0 radical (unpaired) electrons. The summed E-state index contributed by atoms with van der Waals surface area (Å²) in [6, 6.07) is 4.12. The van der Waals surface area contributed by atoms with Crippen LogP contribution in [0.4, 0.5) is 10.1 Å². The summed E-state index contributed by atoms with van der Waals surface area (Å²) in [5, 5.41) is 5.45. The highest BCUT2D eigenvalue weighted by Crippen LogP contribution is 2.32. The van der Waals surface area contributed by atoms with Crippen molar-refractivity contribution in [1.82, 2.24) is 5.32 Å². The Bertz CT molecular complexity index is 602. The van der Waals surface area contributed by atoms with Gasteiger partial charge in [0.25, 0.3) is 0 Å². The van der Waals surface area contributed by atoms with E-state index in [4.69, 9.17) is 4.74 Å². The molecular formula is C17H21FN2O3. The normalized spacial score (nSPS) is 19.9. The molecular weight excluding hydrogens is 299 g/mol. The molecule has 2 N–H and O–H groups in total. The molecule has 1 atom stereocenters. The Balaban J connectivity index is 1.49. The molecule has 1 fully saturated rings. The molecule has 0 saturated heterocycles. The molecule has 5 nitrogen and oxygen atoms in total. The van der Waals surface area contributed by atoms with E-state index in [1.165, 1.54) is 25.0 Å². The van der Waals surface area contributed by atoms with E-state index >= 15 is 0 Å². The van der Waals surface area contributed by atoms with E-state index in [1.54, 1.807) is 6.07 Å². The van der Waals surface area contributed by atoms with Gasteiger partial charge in [0.15, 0.2) is 0 Å².